The normalized spacial score (nSPS) is 15.8. The minimum Gasteiger partial charge on any atom is -0.459 e. The SMILES string of the molecule is Cc1c([C@@H](C)NC(=O)CN2CCc3sccc3C2)oc2ccc(F)cc12. The van der Waals surface area contributed by atoms with Gasteiger partial charge in [-0.2, -0.15) is 0 Å². The van der Waals surface area contributed by atoms with Gasteiger partial charge in [0.05, 0.1) is 12.6 Å². The van der Waals surface area contributed by atoms with Crippen molar-refractivity contribution >= 4 is 28.2 Å². The minimum atomic E-state index is -0.289. The zero-order valence-corrected chi connectivity index (χ0v) is 15.7. The van der Waals surface area contributed by atoms with Crippen LogP contribution in [-0.2, 0) is 17.8 Å². The largest absolute Gasteiger partial charge is 0.459 e. The molecule has 0 aliphatic carbocycles. The summed E-state index contributed by atoms with van der Waals surface area (Å²) >= 11 is 1.79. The van der Waals surface area contributed by atoms with Crippen LogP contribution < -0.4 is 5.32 Å². The number of amides is 1. The Morgan fingerprint density at radius 2 is 2.27 bits per heavy atom. The molecule has 1 amide bonds. The third kappa shape index (κ3) is 3.27. The van der Waals surface area contributed by atoms with Gasteiger partial charge in [-0.1, -0.05) is 0 Å². The summed E-state index contributed by atoms with van der Waals surface area (Å²) in [6.07, 6.45) is 1.00. The van der Waals surface area contributed by atoms with E-state index < -0.39 is 0 Å². The van der Waals surface area contributed by atoms with Crippen molar-refractivity contribution in [3.05, 3.63) is 57.2 Å². The highest BCUT2D eigenvalue weighted by Gasteiger charge is 2.22. The van der Waals surface area contributed by atoms with Crippen LogP contribution in [0.2, 0.25) is 0 Å². The van der Waals surface area contributed by atoms with E-state index in [1.807, 2.05) is 13.8 Å². The highest BCUT2D eigenvalue weighted by Crippen LogP contribution is 2.30. The molecule has 4 nitrogen and oxygen atoms in total. The number of thiophene rings is 1. The van der Waals surface area contributed by atoms with Gasteiger partial charge in [-0.15, -0.1) is 11.3 Å². The summed E-state index contributed by atoms with van der Waals surface area (Å²) in [6.45, 7) is 5.88. The molecule has 1 N–H and O–H groups in total. The minimum absolute atomic E-state index is 0.0257. The number of hydrogen-bond donors (Lipinski definition) is 1. The van der Waals surface area contributed by atoms with Crippen molar-refractivity contribution in [3.63, 3.8) is 0 Å². The fourth-order valence-corrected chi connectivity index (χ4v) is 4.51. The summed E-state index contributed by atoms with van der Waals surface area (Å²) < 4.78 is 19.3. The average Bonchev–Trinajstić information content (AvgIpc) is 3.19. The molecular weight excluding hydrogens is 351 g/mol. The van der Waals surface area contributed by atoms with Crippen molar-refractivity contribution in [2.75, 3.05) is 13.1 Å². The van der Waals surface area contributed by atoms with Crippen LogP contribution in [0, 0.1) is 12.7 Å². The first-order chi connectivity index (χ1) is 12.5. The Hall–Kier alpha value is -2.18. The number of furan rings is 1. The van der Waals surface area contributed by atoms with Gasteiger partial charge in [-0.25, -0.2) is 4.39 Å². The second kappa shape index (κ2) is 6.85. The topological polar surface area (TPSA) is 45.5 Å². The number of fused-ring (bicyclic) bond motifs is 2. The summed E-state index contributed by atoms with van der Waals surface area (Å²) in [5.41, 5.74) is 2.84. The highest BCUT2D eigenvalue weighted by molar-refractivity contribution is 7.10. The van der Waals surface area contributed by atoms with E-state index in [1.54, 1.807) is 17.4 Å². The van der Waals surface area contributed by atoms with Gasteiger partial charge in [0.15, 0.2) is 0 Å². The van der Waals surface area contributed by atoms with Gasteiger partial charge in [0, 0.05) is 28.9 Å². The second-order valence-electron chi connectivity index (χ2n) is 6.85. The average molecular weight is 372 g/mol. The van der Waals surface area contributed by atoms with Crippen LogP contribution in [0.5, 0.6) is 0 Å². The lowest BCUT2D eigenvalue weighted by atomic mass is 10.1. The quantitative estimate of drug-likeness (QED) is 0.747. The maximum absolute atomic E-state index is 13.5. The van der Waals surface area contributed by atoms with Crippen molar-refractivity contribution in [2.24, 2.45) is 0 Å². The van der Waals surface area contributed by atoms with E-state index in [9.17, 15) is 9.18 Å². The first-order valence-corrected chi connectivity index (χ1v) is 9.64. The summed E-state index contributed by atoms with van der Waals surface area (Å²) in [5.74, 6) is 0.363. The van der Waals surface area contributed by atoms with Crippen LogP contribution in [0.15, 0.2) is 34.1 Å². The molecule has 3 aromatic rings. The lowest BCUT2D eigenvalue weighted by Gasteiger charge is -2.26. The maximum Gasteiger partial charge on any atom is 0.234 e. The van der Waals surface area contributed by atoms with Gasteiger partial charge in [-0.05, 0) is 55.5 Å². The Morgan fingerprint density at radius 1 is 1.42 bits per heavy atom. The molecule has 0 radical (unpaired) electrons. The molecule has 0 saturated heterocycles. The Morgan fingerprint density at radius 3 is 3.12 bits per heavy atom. The van der Waals surface area contributed by atoms with E-state index in [0.29, 0.717) is 17.9 Å². The molecule has 0 bridgehead atoms. The van der Waals surface area contributed by atoms with Gasteiger partial charge in [-0.3, -0.25) is 9.69 Å². The van der Waals surface area contributed by atoms with Crippen LogP contribution >= 0.6 is 11.3 Å². The van der Waals surface area contributed by atoms with Crippen molar-refractivity contribution in [2.45, 2.75) is 32.9 Å². The third-order valence-electron chi connectivity index (χ3n) is 4.96. The van der Waals surface area contributed by atoms with Gasteiger partial charge in [0.1, 0.15) is 17.2 Å². The summed E-state index contributed by atoms with van der Waals surface area (Å²) in [5, 5.41) is 5.88. The van der Waals surface area contributed by atoms with E-state index in [4.69, 9.17) is 4.42 Å². The molecule has 26 heavy (non-hydrogen) atoms. The van der Waals surface area contributed by atoms with Crippen LogP contribution in [0.3, 0.4) is 0 Å². The maximum atomic E-state index is 13.5. The third-order valence-corrected chi connectivity index (χ3v) is 5.98. The molecule has 1 atom stereocenters. The molecular formula is C20H21FN2O2S. The van der Waals surface area contributed by atoms with Crippen molar-refractivity contribution < 1.29 is 13.6 Å². The van der Waals surface area contributed by atoms with Crippen LogP contribution in [0.4, 0.5) is 4.39 Å². The molecule has 4 rings (SSSR count). The molecule has 3 heterocycles. The Balaban J connectivity index is 1.42. The lowest BCUT2D eigenvalue weighted by Crippen LogP contribution is -2.40. The van der Waals surface area contributed by atoms with Crippen molar-refractivity contribution in [3.8, 4) is 0 Å². The smallest absolute Gasteiger partial charge is 0.234 e. The van der Waals surface area contributed by atoms with E-state index in [2.05, 4.69) is 21.7 Å². The summed E-state index contributed by atoms with van der Waals surface area (Å²) in [6, 6.07) is 6.36. The van der Waals surface area contributed by atoms with Crippen LogP contribution in [-0.4, -0.2) is 23.9 Å². The fourth-order valence-electron chi connectivity index (χ4n) is 3.62. The number of benzene rings is 1. The molecule has 6 heteroatoms. The molecule has 0 unspecified atom stereocenters. The molecule has 1 aliphatic rings. The highest BCUT2D eigenvalue weighted by atomic mass is 32.1. The van der Waals surface area contributed by atoms with Gasteiger partial charge in [0.2, 0.25) is 5.91 Å². The first kappa shape index (κ1) is 17.2. The number of hydrogen-bond acceptors (Lipinski definition) is 4. The van der Waals surface area contributed by atoms with E-state index in [1.165, 1.54) is 22.6 Å². The second-order valence-corrected chi connectivity index (χ2v) is 7.85. The number of rotatable bonds is 4. The lowest BCUT2D eigenvalue weighted by molar-refractivity contribution is -0.123. The van der Waals surface area contributed by atoms with Crippen molar-refractivity contribution in [1.82, 2.24) is 10.2 Å². The van der Waals surface area contributed by atoms with Gasteiger partial charge >= 0.3 is 0 Å². The zero-order valence-electron chi connectivity index (χ0n) is 14.8. The van der Waals surface area contributed by atoms with Gasteiger partial charge < -0.3 is 9.73 Å². The standard InChI is InChI=1S/C20H21FN2O2S/c1-12-16-9-15(21)3-4-17(16)25-20(12)13(2)22-19(24)11-23-7-5-18-14(10-23)6-8-26-18/h3-4,6,8-9,13H,5,7,10-11H2,1-2H3,(H,22,24)/t13-/m1/s1. The molecule has 136 valence electrons. The van der Waals surface area contributed by atoms with E-state index in [-0.39, 0.29) is 17.8 Å². The van der Waals surface area contributed by atoms with Gasteiger partial charge in [0.25, 0.3) is 0 Å². The number of carbonyl (C=O) groups is 1. The molecule has 0 saturated carbocycles. The monoisotopic (exact) mass is 372 g/mol. The predicted molar refractivity (Wildman–Crippen MR) is 101 cm³/mol. The first-order valence-electron chi connectivity index (χ1n) is 8.77. The molecule has 0 spiro atoms. The molecule has 2 aromatic heterocycles. The summed E-state index contributed by atoms with van der Waals surface area (Å²) in [4.78, 5) is 16.1. The zero-order chi connectivity index (χ0) is 18.3. The number of carbonyl (C=O) groups excluding carboxylic acids is 1. The van der Waals surface area contributed by atoms with Crippen LogP contribution in [0.1, 0.15) is 34.7 Å². The number of halogens is 1. The summed E-state index contributed by atoms with van der Waals surface area (Å²) in [7, 11) is 0. The Kier molecular flexibility index (Phi) is 4.54. The van der Waals surface area contributed by atoms with E-state index in [0.717, 1.165) is 30.5 Å². The number of nitrogens with zero attached hydrogens (tertiary/aromatic N) is 1. The fraction of sp³-hybridized carbons (Fsp3) is 0.350. The molecule has 1 aromatic carbocycles. The van der Waals surface area contributed by atoms with Crippen LogP contribution in [0.25, 0.3) is 11.0 Å². The Labute approximate surface area is 155 Å². The molecule has 0 fully saturated rings. The van der Waals surface area contributed by atoms with E-state index >= 15 is 0 Å². The molecule has 1 aliphatic heterocycles. The Bertz CT molecular complexity index is 962. The number of nitrogens with one attached hydrogen (secondary N) is 1. The van der Waals surface area contributed by atoms with Crippen molar-refractivity contribution in [1.29, 1.82) is 0 Å². The predicted octanol–water partition coefficient (Wildman–Crippen LogP) is 4.18. The number of aryl methyl sites for hydroxylation is 1.